The Bertz CT molecular complexity index is 639. The van der Waals surface area contributed by atoms with Crippen LogP contribution < -0.4 is 10.1 Å². The molecule has 1 aromatic heterocycles. The van der Waals surface area contributed by atoms with Crippen LogP contribution in [0.25, 0.3) is 5.69 Å². The number of thioether (sulfide) groups is 1. The van der Waals surface area contributed by atoms with Crippen molar-refractivity contribution in [3.63, 3.8) is 0 Å². The second-order valence-electron chi connectivity index (χ2n) is 5.48. The summed E-state index contributed by atoms with van der Waals surface area (Å²) in [6, 6.07) is 8.08. The lowest BCUT2D eigenvalue weighted by molar-refractivity contribution is 0.412. The fourth-order valence-corrected chi connectivity index (χ4v) is 3.35. The molecule has 1 aromatic carbocycles. The molecule has 0 atom stereocenters. The monoisotopic (exact) mass is 317 g/mol. The molecule has 4 nitrogen and oxygen atoms in total. The molecular formula is C17H23N3OS. The lowest BCUT2D eigenvalue weighted by Gasteiger charge is -2.12. The first-order valence-electron chi connectivity index (χ1n) is 7.82. The molecule has 0 spiro atoms. The Hall–Kier alpha value is -1.62. The van der Waals surface area contributed by atoms with Crippen LogP contribution in [0, 0.1) is 0 Å². The molecule has 0 saturated carbocycles. The summed E-state index contributed by atoms with van der Waals surface area (Å²) in [4.78, 5) is 0. The first kappa shape index (κ1) is 15.3. The average molecular weight is 317 g/mol. The van der Waals surface area contributed by atoms with Gasteiger partial charge in [-0.3, -0.25) is 0 Å². The molecule has 2 heterocycles. The second kappa shape index (κ2) is 7.09. The van der Waals surface area contributed by atoms with Crippen LogP contribution >= 0.6 is 11.8 Å². The Labute approximate surface area is 136 Å². The summed E-state index contributed by atoms with van der Waals surface area (Å²) in [7, 11) is 1.71. The summed E-state index contributed by atoms with van der Waals surface area (Å²) in [5.74, 6) is 3.11. The molecule has 3 rings (SSSR count). The van der Waals surface area contributed by atoms with Crippen molar-refractivity contribution in [3.8, 4) is 11.4 Å². The van der Waals surface area contributed by atoms with E-state index in [1.54, 1.807) is 7.11 Å². The number of nitrogens with one attached hydrogen (secondary N) is 1. The Morgan fingerprint density at radius 1 is 1.32 bits per heavy atom. The van der Waals surface area contributed by atoms with Crippen molar-refractivity contribution in [2.75, 3.05) is 31.0 Å². The smallest absolute Gasteiger partial charge is 0.144 e. The van der Waals surface area contributed by atoms with Crippen LogP contribution in [0.3, 0.4) is 0 Å². The maximum Gasteiger partial charge on any atom is 0.144 e. The molecule has 0 bridgehead atoms. The second-order valence-corrected chi connectivity index (χ2v) is 6.47. The Kier molecular flexibility index (Phi) is 4.93. The van der Waals surface area contributed by atoms with Crippen LogP contribution in [0.4, 0.5) is 5.82 Å². The molecule has 0 saturated heterocycles. The lowest BCUT2D eigenvalue weighted by Crippen LogP contribution is -2.08. The molecule has 2 aromatic rings. The van der Waals surface area contributed by atoms with Gasteiger partial charge < -0.3 is 10.1 Å². The number of aryl methyl sites for hydroxylation is 1. The highest BCUT2D eigenvalue weighted by molar-refractivity contribution is 7.98. The molecule has 0 fully saturated rings. The van der Waals surface area contributed by atoms with Crippen molar-refractivity contribution in [1.29, 1.82) is 0 Å². The number of benzene rings is 1. The third-order valence-corrected chi connectivity index (χ3v) is 4.68. The van der Waals surface area contributed by atoms with Gasteiger partial charge in [0, 0.05) is 18.5 Å². The van der Waals surface area contributed by atoms with Gasteiger partial charge in [-0.1, -0.05) is 12.1 Å². The molecule has 0 amide bonds. The number of nitrogens with zero attached hydrogens (tertiary/aromatic N) is 2. The summed E-state index contributed by atoms with van der Waals surface area (Å²) >= 11 is 1.87. The van der Waals surface area contributed by atoms with Gasteiger partial charge in [-0.2, -0.15) is 16.9 Å². The number of anilines is 1. The third-order valence-electron chi connectivity index (χ3n) is 4.07. The summed E-state index contributed by atoms with van der Waals surface area (Å²) < 4.78 is 7.56. The van der Waals surface area contributed by atoms with Gasteiger partial charge in [0.05, 0.1) is 12.8 Å². The Morgan fingerprint density at radius 3 is 3.00 bits per heavy atom. The van der Waals surface area contributed by atoms with Crippen molar-refractivity contribution >= 4 is 17.6 Å². The summed E-state index contributed by atoms with van der Waals surface area (Å²) in [5, 5.41) is 8.49. The van der Waals surface area contributed by atoms with Gasteiger partial charge in [-0.15, -0.1) is 0 Å². The van der Waals surface area contributed by atoms with Crippen molar-refractivity contribution in [2.45, 2.75) is 25.7 Å². The molecule has 1 aliphatic rings. The molecule has 0 aliphatic carbocycles. The maximum atomic E-state index is 5.52. The van der Waals surface area contributed by atoms with E-state index in [4.69, 9.17) is 9.84 Å². The fourth-order valence-electron chi connectivity index (χ4n) is 2.95. The van der Waals surface area contributed by atoms with Crippen molar-refractivity contribution in [3.05, 3.63) is 35.5 Å². The zero-order valence-electron chi connectivity index (χ0n) is 13.3. The number of rotatable bonds is 5. The molecule has 0 unspecified atom stereocenters. The van der Waals surface area contributed by atoms with Crippen LogP contribution in [0.5, 0.6) is 5.75 Å². The number of fused-ring (bicyclic) bond motifs is 1. The van der Waals surface area contributed by atoms with Gasteiger partial charge in [0.1, 0.15) is 17.3 Å². The number of methoxy groups -OCH3 is 1. The normalized spacial score (nSPS) is 14.1. The third kappa shape index (κ3) is 2.95. The van der Waals surface area contributed by atoms with Gasteiger partial charge in [0.15, 0.2) is 0 Å². The summed E-state index contributed by atoms with van der Waals surface area (Å²) in [6.07, 6.45) is 6.72. The minimum absolute atomic E-state index is 0.857. The standard InChI is InChI=1S/C17H23N3OS/c1-21-16-9-4-3-8-15(16)20-17-13(7-5-6-11-18-17)14(19-20)10-12-22-2/h3-4,8-9,18H,5-7,10-12H2,1-2H3. The average Bonchev–Trinajstić information content (AvgIpc) is 2.73. The van der Waals surface area contributed by atoms with Crippen LogP contribution in [-0.2, 0) is 12.8 Å². The van der Waals surface area contributed by atoms with E-state index in [-0.39, 0.29) is 0 Å². The van der Waals surface area contributed by atoms with E-state index in [2.05, 4.69) is 17.6 Å². The molecule has 22 heavy (non-hydrogen) atoms. The highest BCUT2D eigenvalue weighted by atomic mass is 32.2. The van der Waals surface area contributed by atoms with Crippen LogP contribution in [0.2, 0.25) is 0 Å². The Morgan fingerprint density at radius 2 is 2.18 bits per heavy atom. The highest BCUT2D eigenvalue weighted by Gasteiger charge is 2.21. The van der Waals surface area contributed by atoms with Gasteiger partial charge in [0.25, 0.3) is 0 Å². The van der Waals surface area contributed by atoms with Crippen molar-refractivity contribution in [1.82, 2.24) is 9.78 Å². The molecule has 0 radical (unpaired) electrons. The van der Waals surface area contributed by atoms with Crippen LogP contribution in [-0.4, -0.2) is 35.4 Å². The lowest BCUT2D eigenvalue weighted by atomic mass is 10.1. The number of aromatic nitrogens is 2. The van der Waals surface area contributed by atoms with Crippen molar-refractivity contribution < 1.29 is 4.74 Å². The minimum Gasteiger partial charge on any atom is -0.494 e. The van der Waals surface area contributed by atoms with E-state index in [1.807, 2.05) is 34.6 Å². The van der Waals surface area contributed by atoms with Gasteiger partial charge >= 0.3 is 0 Å². The zero-order valence-corrected chi connectivity index (χ0v) is 14.1. The number of hydrogen-bond donors (Lipinski definition) is 1. The predicted molar refractivity (Wildman–Crippen MR) is 93.6 cm³/mol. The zero-order chi connectivity index (χ0) is 15.4. The first-order chi connectivity index (χ1) is 10.8. The highest BCUT2D eigenvalue weighted by Crippen LogP contribution is 2.32. The quantitative estimate of drug-likeness (QED) is 0.915. The summed E-state index contributed by atoms with van der Waals surface area (Å²) in [5.41, 5.74) is 3.62. The number of para-hydroxylation sites is 2. The van der Waals surface area contributed by atoms with E-state index in [1.165, 1.54) is 24.1 Å². The molecule has 118 valence electrons. The van der Waals surface area contributed by atoms with Gasteiger partial charge in [0.2, 0.25) is 0 Å². The number of hydrogen-bond acceptors (Lipinski definition) is 4. The van der Waals surface area contributed by atoms with Gasteiger partial charge in [-0.05, 0) is 43.4 Å². The summed E-state index contributed by atoms with van der Waals surface area (Å²) in [6.45, 7) is 1.01. The SMILES string of the molecule is COc1ccccc1-n1nc(CCSC)c2c1NCCCC2. The predicted octanol–water partition coefficient (Wildman–Crippen LogP) is 3.53. The fraction of sp³-hybridized carbons (Fsp3) is 0.471. The minimum atomic E-state index is 0.857. The molecule has 1 N–H and O–H groups in total. The maximum absolute atomic E-state index is 5.52. The van der Waals surface area contributed by atoms with E-state index in [0.717, 1.165) is 42.4 Å². The van der Waals surface area contributed by atoms with E-state index in [0.29, 0.717) is 0 Å². The van der Waals surface area contributed by atoms with E-state index >= 15 is 0 Å². The largest absolute Gasteiger partial charge is 0.494 e. The van der Waals surface area contributed by atoms with E-state index < -0.39 is 0 Å². The van der Waals surface area contributed by atoms with Crippen LogP contribution in [0.15, 0.2) is 24.3 Å². The van der Waals surface area contributed by atoms with E-state index in [9.17, 15) is 0 Å². The molecule has 5 heteroatoms. The first-order valence-corrected chi connectivity index (χ1v) is 9.21. The van der Waals surface area contributed by atoms with Crippen molar-refractivity contribution in [2.24, 2.45) is 0 Å². The van der Waals surface area contributed by atoms with Gasteiger partial charge in [-0.25, -0.2) is 4.68 Å². The number of ether oxygens (including phenoxy) is 1. The van der Waals surface area contributed by atoms with Crippen LogP contribution in [0.1, 0.15) is 24.1 Å². The topological polar surface area (TPSA) is 39.1 Å². The molecule has 1 aliphatic heterocycles. The molecular weight excluding hydrogens is 294 g/mol. The Balaban J connectivity index is 2.08.